The summed E-state index contributed by atoms with van der Waals surface area (Å²) in [7, 11) is 0. The van der Waals surface area contributed by atoms with Crippen molar-refractivity contribution in [3.63, 3.8) is 0 Å². The molecule has 7 aromatic carbocycles. The Labute approximate surface area is 277 Å². The van der Waals surface area contributed by atoms with Crippen LogP contribution in [0.3, 0.4) is 0 Å². The molecule has 0 aliphatic rings. The average Bonchev–Trinajstić information content (AvgIpc) is 3.67. The van der Waals surface area contributed by atoms with Gasteiger partial charge in [-0.3, -0.25) is 0 Å². The Kier molecular flexibility index (Phi) is 6.22. The van der Waals surface area contributed by atoms with E-state index in [2.05, 4.69) is 143 Å². The largest absolute Gasteiger partial charge is 0.309 e. The van der Waals surface area contributed by atoms with Crippen LogP contribution in [0.2, 0.25) is 0 Å². The van der Waals surface area contributed by atoms with E-state index in [1.165, 1.54) is 10.8 Å². The zero-order chi connectivity index (χ0) is 32.2. The van der Waals surface area contributed by atoms with E-state index in [4.69, 9.17) is 0 Å². The van der Waals surface area contributed by atoms with E-state index in [-0.39, 0.29) is 0 Å². The van der Waals surface area contributed by atoms with Gasteiger partial charge < -0.3 is 9.13 Å². The third-order valence-corrected chi connectivity index (χ3v) is 9.40. The number of aromatic nitrogens is 2. The molecule has 2 aromatic heterocycles. The maximum Gasteiger partial charge on any atom is 0.0991 e. The van der Waals surface area contributed by atoms with Gasteiger partial charge in [-0.1, -0.05) is 91.0 Å². The van der Waals surface area contributed by atoms with Crippen molar-refractivity contribution >= 4 is 43.6 Å². The van der Waals surface area contributed by atoms with Crippen LogP contribution in [0, 0.1) is 22.7 Å². The van der Waals surface area contributed by atoms with Gasteiger partial charge in [0.1, 0.15) is 0 Å². The molecule has 0 fully saturated rings. The standard InChI is InChI=1S/C44H26N4/c45-27-29-18-24-44(48-41-15-7-3-11-35(41)36-12-4-8-16-42(36)48)38(25-29)34-10-2-1-9-33(34)31-19-21-32(22-20-31)47-40-14-6-5-13-37(40)39-26-30(28-46)17-23-43(39)47/h1-26H. The molecule has 222 valence electrons. The van der Waals surface area contributed by atoms with Crippen molar-refractivity contribution < 1.29 is 0 Å². The zero-order valence-electron chi connectivity index (χ0n) is 25.8. The molecular formula is C44H26N4. The van der Waals surface area contributed by atoms with Crippen LogP contribution in [-0.4, -0.2) is 9.13 Å². The van der Waals surface area contributed by atoms with Gasteiger partial charge in [-0.25, -0.2) is 0 Å². The summed E-state index contributed by atoms with van der Waals surface area (Å²) < 4.78 is 4.58. The molecule has 48 heavy (non-hydrogen) atoms. The van der Waals surface area contributed by atoms with Crippen LogP contribution in [-0.2, 0) is 0 Å². The number of nitrogens with zero attached hydrogens (tertiary/aromatic N) is 4. The average molecular weight is 611 g/mol. The lowest BCUT2D eigenvalue weighted by atomic mass is 9.92. The fraction of sp³-hybridized carbons (Fsp3) is 0. The van der Waals surface area contributed by atoms with Gasteiger partial charge in [0.25, 0.3) is 0 Å². The lowest BCUT2D eigenvalue weighted by molar-refractivity contribution is 1.18. The molecule has 0 unspecified atom stereocenters. The van der Waals surface area contributed by atoms with Crippen LogP contribution in [0.15, 0.2) is 158 Å². The van der Waals surface area contributed by atoms with Crippen LogP contribution in [0.25, 0.3) is 77.2 Å². The molecule has 4 heteroatoms. The summed E-state index contributed by atoms with van der Waals surface area (Å²) in [5.41, 5.74) is 12.0. The number of rotatable bonds is 4. The Bertz CT molecular complexity index is 2750. The van der Waals surface area contributed by atoms with Crippen molar-refractivity contribution in [2.24, 2.45) is 0 Å². The smallest absolute Gasteiger partial charge is 0.0991 e. The number of hydrogen-bond donors (Lipinski definition) is 0. The number of nitriles is 2. The van der Waals surface area contributed by atoms with Gasteiger partial charge in [-0.05, 0) is 83.4 Å². The van der Waals surface area contributed by atoms with Crippen molar-refractivity contribution in [1.29, 1.82) is 10.5 Å². The number of benzene rings is 7. The van der Waals surface area contributed by atoms with E-state index in [0.717, 1.165) is 66.5 Å². The lowest BCUT2D eigenvalue weighted by Crippen LogP contribution is -1.99. The number of para-hydroxylation sites is 3. The zero-order valence-corrected chi connectivity index (χ0v) is 25.8. The molecular weight excluding hydrogens is 585 g/mol. The molecule has 9 aromatic rings. The summed E-state index contributed by atoms with van der Waals surface area (Å²) in [4.78, 5) is 0. The molecule has 0 radical (unpaired) electrons. The van der Waals surface area contributed by atoms with Crippen molar-refractivity contribution in [3.05, 3.63) is 169 Å². The van der Waals surface area contributed by atoms with Gasteiger partial charge in [-0.15, -0.1) is 0 Å². The maximum absolute atomic E-state index is 9.99. The highest BCUT2D eigenvalue weighted by atomic mass is 15.0. The Morgan fingerprint density at radius 1 is 0.375 bits per heavy atom. The third kappa shape index (κ3) is 4.14. The molecule has 0 atom stereocenters. The molecule has 0 saturated heterocycles. The minimum Gasteiger partial charge on any atom is -0.309 e. The van der Waals surface area contributed by atoms with E-state index < -0.39 is 0 Å². The van der Waals surface area contributed by atoms with E-state index in [0.29, 0.717) is 11.1 Å². The summed E-state index contributed by atoms with van der Waals surface area (Å²) in [6.45, 7) is 0. The summed E-state index contributed by atoms with van der Waals surface area (Å²) in [6, 6.07) is 59.0. The van der Waals surface area contributed by atoms with Crippen molar-refractivity contribution in [1.82, 2.24) is 9.13 Å². The predicted molar refractivity (Wildman–Crippen MR) is 195 cm³/mol. The molecule has 0 bridgehead atoms. The number of hydrogen-bond acceptors (Lipinski definition) is 2. The van der Waals surface area contributed by atoms with Crippen LogP contribution < -0.4 is 0 Å². The third-order valence-electron chi connectivity index (χ3n) is 9.40. The molecule has 0 N–H and O–H groups in total. The molecule has 0 aliphatic heterocycles. The topological polar surface area (TPSA) is 57.4 Å². The maximum atomic E-state index is 9.99. The summed E-state index contributed by atoms with van der Waals surface area (Å²) in [5.74, 6) is 0. The van der Waals surface area contributed by atoms with Crippen LogP contribution >= 0.6 is 0 Å². The van der Waals surface area contributed by atoms with Gasteiger partial charge in [-0.2, -0.15) is 10.5 Å². The van der Waals surface area contributed by atoms with E-state index in [9.17, 15) is 10.5 Å². The predicted octanol–water partition coefficient (Wildman–Crippen LogP) is 11.0. The van der Waals surface area contributed by atoms with Crippen LogP contribution in [0.5, 0.6) is 0 Å². The van der Waals surface area contributed by atoms with E-state index in [1.54, 1.807) is 0 Å². The van der Waals surface area contributed by atoms with Crippen molar-refractivity contribution in [2.45, 2.75) is 0 Å². The quantitative estimate of drug-likeness (QED) is 0.199. The molecule has 0 aliphatic carbocycles. The highest BCUT2D eigenvalue weighted by Gasteiger charge is 2.19. The van der Waals surface area contributed by atoms with Gasteiger partial charge in [0.15, 0.2) is 0 Å². The van der Waals surface area contributed by atoms with Crippen molar-refractivity contribution in [3.8, 4) is 45.8 Å². The summed E-state index contributed by atoms with van der Waals surface area (Å²) >= 11 is 0. The summed E-state index contributed by atoms with van der Waals surface area (Å²) in [5, 5.41) is 24.1. The second kappa shape index (κ2) is 10.9. The first-order valence-corrected chi connectivity index (χ1v) is 15.9. The molecule has 4 nitrogen and oxygen atoms in total. The highest BCUT2D eigenvalue weighted by Crippen LogP contribution is 2.40. The minimum absolute atomic E-state index is 0.616. The van der Waals surface area contributed by atoms with Gasteiger partial charge in [0.05, 0.1) is 51.0 Å². The van der Waals surface area contributed by atoms with E-state index >= 15 is 0 Å². The first-order chi connectivity index (χ1) is 23.7. The monoisotopic (exact) mass is 610 g/mol. The Morgan fingerprint density at radius 3 is 1.52 bits per heavy atom. The fourth-order valence-electron chi connectivity index (χ4n) is 7.28. The second-order valence-corrected chi connectivity index (χ2v) is 12.0. The molecule has 2 heterocycles. The first kappa shape index (κ1) is 27.4. The second-order valence-electron chi connectivity index (χ2n) is 12.0. The first-order valence-electron chi connectivity index (χ1n) is 15.9. The van der Waals surface area contributed by atoms with Gasteiger partial charge in [0, 0.05) is 32.8 Å². The van der Waals surface area contributed by atoms with E-state index in [1.807, 2.05) is 36.4 Å². The minimum atomic E-state index is 0.616. The van der Waals surface area contributed by atoms with Crippen molar-refractivity contribution in [2.75, 3.05) is 0 Å². The van der Waals surface area contributed by atoms with Crippen LogP contribution in [0.4, 0.5) is 0 Å². The lowest BCUT2D eigenvalue weighted by Gasteiger charge is -2.18. The van der Waals surface area contributed by atoms with Gasteiger partial charge >= 0.3 is 0 Å². The molecule has 0 spiro atoms. The fourth-order valence-corrected chi connectivity index (χ4v) is 7.28. The Morgan fingerprint density at radius 2 is 0.875 bits per heavy atom. The summed E-state index contributed by atoms with van der Waals surface area (Å²) in [6.07, 6.45) is 0. The van der Waals surface area contributed by atoms with Gasteiger partial charge in [0.2, 0.25) is 0 Å². The Hall–Kier alpha value is -6.88. The molecule has 9 rings (SSSR count). The number of fused-ring (bicyclic) bond motifs is 6. The SMILES string of the molecule is N#Cc1ccc(-n2c3ccccc3c3ccccc32)c(-c2ccccc2-c2ccc(-n3c4ccccc4c4cc(C#N)ccc43)cc2)c1. The Balaban J connectivity index is 1.22. The molecule has 0 saturated carbocycles. The van der Waals surface area contributed by atoms with Crippen LogP contribution in [0.1, 0.15) is 11.1 Å². The highest BCUT2D eigenvalue weighted by molar-refractivity contribution is 6.11. The normalized spacial score (nSPS) is 11.3. The molecule has 0 amide bonds.